The van der Waals surface area contributed by atoms with Gasteiger partial charge in [0, 0.05) is 19.1 Å². The van der Waals surface area contributed by atoms with Crippen molar-refractivity contribution in [3.05, 3.63) is 24.3 Å². The van der Waals surface area contributed by atoms with Crippen LogP contribution < -0.4 is 15.4 Å². The zero-order valence-corrected chi connectivity index (χ0v) is 12.1. The van der Waals surface area contributed by atoms with Crippen LogP contribution in [0.2, 0.25) is 0 Å². The van der Waals surface area contributed by atoms with E-state index in [9.17, 15) is 0 Å². The van der Waals surface area contributed by atoms with Gasteiger partial charge in [0.25, 0.3) is 0 Å². The number of nitrogens with zero attached hydrogens (tertiary/aromatic N) is 1. The molecule has 1 aromatic rings. The Bertz CT molecular complexity index is 394. The zero-order valence-electron chi connectivity index (χ0n) is 12.1. The van der Waals surface area contributed by atoms with Gasteiger partial charge in [0.1, 0.15) is 5.75 Å². The predicted molar refractivity (Wildman–Crippen MR) is 80.8 cm³/mol. The third-order valence-corrected chi connectivity index (χ3v) is 3.88. The van der Waals surface area contributed by atoms with Gasteiger partial charge in [-0.2, -0.15) is 0 Å². The molecule has 0 radical (unpaired) electrons. The summed E-state index contributed by atoms with van der Waals surface area (Å²) in [4.78, 5) is 2.36. The van der Waals surface area contributed by atoms with E-state index >= 15 is 0 Å². The normalized spacial score (nSPS) is 21.2. The first-order valence-corrected chi connectivity index (χ1v) is 7.43. The van der Waals surface area contributed by atoms with Crippen LogP contribution in [-0.2, 0) is 0 Å². The van der Waals surface area contributed by atoms with E-state index < -0.39 is 0 Å². The quantitative estimate of drug-likeness (QED) is 0.886. The third-order valence-electron chi connectivity index (χ3n) is 3.88. The molecule has 2 unspecified atom stereocenters. The first kappa shape index (κ1) is 14.2. The molecule has 0 aliphatic carbocycles. The summed E-state index contributed by atoms with van der Waals surface area (Å²) in [6, 6.07) is 8.61. The SMILES string of the molecule is CCC(C)COc1ccccc1N1CCCC(N)C1. The Morgan fingerprint density at radius 1 is 1.42 bits per heavy atom. The van der Waals surface area contributed by atoms with Crippen LogP contribution in [0.25, 0.3) is 0 Å². The van der Waals surface area contributed by atoms with E-state index in [1.54, 1.807) is 0 Å². The first-order valence-electron chi connectivity index (χ1n) is 7.43. The summed E-state index contributed by atoms with van der Waals surface area (Å²) in [5.74, 6) is 1.59. The summed E-state index contributed by atoms with van der Waals surface area (Å²) >= 11 is 0. The minimum atomic E-state index is 0.288. The van der Waals surface area contributed by atoms with Gasteiger partial charge in [-0.3, -0.25) is 0 Å². The fourth-order valence-corrected chi connectivity index (χ4v) is 2.42. The smallest absolute Gasteiger partial charge is 0.142 e. The average molecular weight is 262 g/mol. The van der Waals surface area contributed by atoms with Crippen LogP contribution >= 0.6 is 0 Å². The Labute approximate surface area is 116 Å². The second-order valence-electron chi connectivity index (χ2n) is 5.64. The van der Waals surface area contributed by atoms with Crippen molar-refractivity contribution in [3.8, 4) is 5.75 Å². The Morgan fingerprint density at radius 2 is 2.21 bits per heavy atom. The molecule has 1 aliphatic rings. The van der Waals surface area contributed by atoms with Gasteiger partial charge in [0.05, 0.1) is 12.3 Å². The van der Waals surface area contributed by atoms with Gasteiger partial charge < -0.3 is 15.4 Å². The van der Waals surface area contributed by atoms with Gasteiger partial charge >= 0.3 is 0 Å². The van der Waals surface area contributed by atoms with Crippen molar-refractivity contribution < 1.29 is 4.74 Å². The van der Waals surface area contributed by atoms with Crippen LogP contribution in [0.5, 0.6) is 5.75 Å². The molecule has 0 aromatic heterocycles. The lowest BCUT2D eigenvalue weighted by atomic mass is 10.1. The Hall–Kier alpha value is -1.22. The van der Waals surface area contributed by atoms with Crippen molar-refractivity contribution in [1.82, 2.24) is 0 Å². The first-order chi connectivity index (χ1) is 9.20. The van der Waals surface area contributed by atoms with Crippen molar-refractivity contribution in [2.45, 2.75) is 39.2 Å². The summed E-state index contributed by atoms with van der Waals surface area (Å²) in [6.07, 6.45) is 3.45. The van der Waals surface area contributed by atoms with Crippen molar-refractivity contribution in [2.24, 2.45) is 11.7 Å². The summed E-state index contributed by atoms with van der Waals surface area (Å²) in [5.41, 5.74) is 7.27. The van der Waals surface area contributed by atoms with Crippen LogP contribution in [0.15, 0.2) is 24.3 Å². The minimum Gasteiger partial charge on any atom is -0.491 e. The number of ether oxygens (including phenoxy) is 1. The van der Waals surface area contributed by atoms with E-state index in [0.29, 0.717) is 5.92 Å². The maximum atomic E-state index is 6.07. The lowest BCUT2D eigenvalue weighted by Crippen LogP contribution is -2.43. The number of piperidine rings is 1. The van der Waals surface area contributed by atoms with Crippen molar-refractivity contribution in [1.29, 1.82) is 0 Å². The van der Waals surface area contributed by atoms with Gasteiger partial charge in [-0.1, -0.05) is 32.4 Å². The number of rotatable bonds is 5. The lowest BCUT2D eigenvalue weighted by molar-refractivity contribution is 0.256. The molecule has 106 valence electrons. The summed E-state index contributed by atoms with van der Waals surface area (Å²) in [7, 11) is 0. The highest BCUT2D eigenvalue weighted by molar-refractivity contribution is 5.58. The van der Waals surface area contributed by atoms with Crippen LogP contribution in [0.1, 0.15) is 33.1 Å². The molecule has 1 fully saturated rings. The van der Waals surface area contributed by atoms with Gasteiger partial charge in [-0.15, -0.1) is 0 Å². The molecule has 19 heavy (non-hydrogen) atoms. The molecule has 1 saturated heterocycles. The molecule has 1 aliphatic heterocycles. The fraction of sp³-hybridized carbons (Fsp3) is 0.625. The van der Waals surface area contributed by atoms with E-state index in [2.05, 4.69) is 36.9 Å². The molecular weight excluding hydrogens is 236 g/mol. The molecule has 2 atom stereocenters. The Kier molecular flexibility index (Phi) is 5.08. The fourth-order valence-electron chi connectivity index (χ4n) is 2.42. The molecule has 2 rings (SSSR count). The molecule has 0 saturated carbocycles. The van der Waals surface area contributed by atoms with Crippen molar-refractivity contribution in [3.63, 3.8) is 0 Å². The Morgan fingerprint density at radius 3 is 2.95 bits per heavy atom. The van der Waals surface area contributed by atoms with Crippen LogP contribution in [0, 0.1) is 5.92 Å². The minimum absolute atomic E-state index is 0.288. The maximum absolute atomic E-state index is 6.07. The molecule has 0 spiro atoms. The topological polar surface area (TPSA) is 38.5 Å². The maximum Gasteiger partial charge on any atom is 0.142 e. The third kappa shape index (κ3) is 3.87. The molecule has 0 amide bonds. The van der Waals surface area contributed by atoms with Gasteiger partial charge in [-0.25, -0.2) is 0 Å². The Balaban J connectivity index is 2.07. The van der Waals surface area contributed by atoms with Crippen LogP contribution in [0.4, 0.5) is 5.69 Å². The molecule has 1 heterocycles. The number of anilines is 1. The number of hydrogen-bond donors (Lipinski definition) is 1. The van der Waals surface area contributed by atoms with Gasteiger partial charge in [0.15, 0.2) is 0 Å². The molecular formula is C16H26N2O. The van der Waals surface area contributed by atoms with Crippen molar-refractivity contribution >= 4 is 5.69 Å². The second-order valence-corrected chi connectivity index (χ2v) is 5.64. The number of nitrogens with two attached hydrogens (primary N) is 1. The summed E-state index contributed by atoms with van der Waals surface area (Å²) in [5, 5.41) is 0. The molecule has 2 N–H and O–H groups in total. The van der Waals surface area contributed by atoms with E-state index in [1.807, 2.05) is 6.07 Å². The number of para-hydroxylation sites is 2. The molecule has 3 heteroatoms. The number of benzene rings is 1. The van der Waals surface area contributed by atoms with Gasteiger partial charge in [0.2, 0.25) is 0 Å². The largest absolute Gasteiger partial charge is 0.491 e. The molecule has 3 nitrogen and oxygen atoms in total. The monoisotopic (exact) mass is 262 g/mol. The summed E-state index contributed by atoms with van der Waals surface area (Å²) in [6.45, 7) is 7.22. The molecule has 1 aromatic carbocycles. The van der Waals surface area contributed by atoms with Crippen molar-refractivity contribution in [2.75, 3.05) is 24.6 Å². The lowest BCUT2D eigenvalue weighted by Gasteiger charge is -2.33. The highest BCUT2D eigenvalue weighted by Crippen LogP contribution is 2.30. The highest BCUT2D eigenvalue weighted by atomic mass is 16.5. The second kappa shape index (κ2) is 6.80. The van der Waals surface area contributed by atoms with E-state index in [-0.39, 0.29) is 6.04 Å². The average Bonchev–Trinajstić information content (AvgIpc) is 2.45. The molecule has 0 bridgehead atoms. The van der Waals surface area contributed by atoms with E-state index in [0.717, 1.165) is 38.3 Å². The summed E-state index contributed by atoms with van der Waals surface area (Å²) < 4.78 is 6.00. The van der Waals surface area contributed by atoms with E-state index in [1.165, 1.54) is 12.1 Å². The van der Waals surface area contributed by atoms with Crippen LogP contribution in [-0.4, -0.2) is 25.7 Å². The van der Waals surface area contributed by atoms with Gasteiger partial charge in [-0.05, 0) is 30.9 Å². The van der Waals surface area contributed by atoms with E-state index in [4.69, 9.17) is 10.5 Å². The van der Waals surface area contributed by atoms with Crippen LogP contribution in [0.3, 0.4) is 0 Å². The standard InChI is InChI=1S/C16H26N2O/c1-3-13(2)12-19-16-9-5-4-8-15(16)18-10-6-7-14(17)11-18/h4-5,8-9,13-14H,3,6-7,10-12,17H2,1-2H3. The zero-order chi connectivity index (χ0) is 13.7. The predicted octanol–water partition coefficient (Wildman–Crippen LogP) is 3.04. The highest BCUT2D eigenvalue weighted by Gasteiger charge is 2.19. The number of hydrogen-bond acceptors (Lipinski definition) is 3.